The summed E-state index contributed by atoms with van der Waals surface area (Å²) < 4.78 is 15.4. The molecule has 4 N–H and O–H groups in total. The molecule has 0 aliphatic carbocycles. The zero-order valence-corrected chi connectivity index (χ0v) is 23.3. The number of fused-ring (bicyclic) bond motifs is 1. The fraction of sp³-hybridized carbons (Fsp3) is 0.536. The minimum Gasteiger partial charge on any atom is -0.496 e. The summed E-state index contributed by atoms with van der Waals surface area (Å²) in [6.45, 7) is 5.13. The summed E-state index contributed by atoms with van der Waals surface area (Å²) in [6.07, 6.45) is 1.10. The molecule has 0 unspecified atom stereocenters. The molecule has 0 bridgehead atoms. The van der Waals surface area contributed by atoms with Gasteiger partial charge in [-0.25, -0.2) is 0 Å². The van der Waals surface area contributed by atoms with Crippen LogP contribution in [-0.2, 0) is 28.7 Å². The van der Waals surface area contributed by atoms with Crippen LogP contribution in [-0.4, -0.2) is 73.6 Å². The first-order chi connectivity index (χ1) is 19.1. The third-order valence-corrected chi connectivity index (χ3v) is 6.64. The van der Waals surface area contributed by atoms with E-state index in [9.17, 15) is 24.0 Å². The van der Waals surface area contributed by atoms with Gasteiger partial charge in [0.1, 0.15) is 24.1 Å². The Hall–Kier alpha value is -3.93. The zero-order valence-electron chi connectivity index (χ0n) is 23.3. The van der Waals surface area contributed by atoms with Crippen LogP contribution in [0.1, 0.15) is 56.9 Å². The van der Waals surface area contributed by atoms with E-state index >= 15 is 0 Å². The largest absolute Gasteiger partial charge is 0.496 e. The zero-order chi connectivity index (χ0) is 29.2. The summed E-state index contributed by atoms with van der Waals surface area (Å²) in [5.74, 6) is -1.97. The molecule has 2 heterocycles. The van der Waals surface area contributed by atoms with E-state index in [1.54, 1.807) is 32.2 Å². The van der Waals surface area contributed by atoms with Crippen LogP contribution in [0.15, 0.2) is 24.3 Å². The van der Waals surface area contributed by atoms with Crippen molar-refractivity contribution < 1.29 is 38.2 Å². The molecule has 218 valence electrons. The van der Waals surface area contributed by atoms with Gasteiger partial charge < -0.3 is 35.1 Å². The first-order valence-electron chi connectivity index (χ1n) is 13.4. The van der Waals surface area contributed by atoms with Gasteiger partial charge in [-0.1, -0.05) is 26.8 Å². The second-order valence-electron chi connectivity index (χ2n) is 10.1. The molecule has 40 heavy (non-hydrogen) atoms. The molecular weight excluding hydrogens is 520 g/mol. The number of amides is 3. The van der Waals surface area contributed by atoms with E-state index in [-0.39, 0.29) is 30.4 Å². The minimum atomic E-state index is -1.04. The first kappa shape index (κ1) is 30.6. The highest BCUT2D eigenvalue weighted by molar-refractivity contribution is 6.02. The van der Waals surface area contributed by atoms with Crippen molar-refractivity contribution in [2.45, 2.75) is 58.5 Å². The van der Waals surface area contributed by atoms with Crippen molar-refractivity contribution in [1.29, 1.82) is 0 Å². The Morgan fingerprint density at radius 1 is 1.12 bits per heavy atom. The van der Waals surface area contributed by atoms with Gasteiger partial charge in [0.15, 0.2) is 12.6 Å². The van der Waals surface area contributed by atoms with Crippen LogP contribution in [0.25, 0.3) is 10.9 Å². The quantitative estimate of drug-likeness (QED) is 0.146. The molecule has 1 aliphatic rings. The number of H-pyrrole nitrogens is 1. The number of ether oxygens (including phenoxy) is 3. The molecule has 1 aromatic carbocycles. The smallest absolute Gasteiger partial charge is 0.307 e. The number of aromatic nitrogens is 1. The second-order valence-corrected chi connectivity index (χ2v) is 10.1. The SMILES string of the molecule is CCC(=O)OCOCC(=O)[C@H](C[C@@H]1CCNC1=O)NC(=O)[C@H](CC(C)C)NC(=O)c1cc2c(OC)cccc2[nH]1. The average Bonchev–Trinajstić information content (AvgIpc) is 3.55. The monoisotopic (exact) mass is 558 g/mol. The molecule has 12 nitrogen and oxygen atoms in total. The van der Waals surface area contributed by atoms with E-state index in [0.29, 0.717) is 30.7 Å². The summed E-state index contributed by atoms with van der Waals surface area (Å²) in [5.41, 5.74) is 0.964. The van der Waals surface area contributed by atoms with Crippen LogP contribution < -0.4 is 20.7 Å². The Balaban J connectivity index is 1.72. The standard InChI is InChI=1S/C28H38N4O8/c1-5-25(34)40-15-39-14-23(33)20(12-17-9-10-29-26(17)35)31-27(36)21(11-16(2)3)32-28(37)22-13-18-19(30-22)7-6-8-24(18)38-4/h6-8,13,16-17,20-21,30H,5,9-12,14-15H2,1-4H3,(H,29,35)(H,31,36)(H,32,37)/t17-,20-,21-/m0/s1. The molecule has 0 spiro atoms. The highest BCUT2D eigenvalue weighted by atomic mass is 16.7. The molecule has 12 heteroatoms. The maximum Gasteiger partial charge on any atom is 0.307 e. The van der Waals surface area contributed by atoms with Crippen molar-refractivity contribution in [2.75, 3.05) is 27.1 Å². The van der Waals surface area contributed by atoms with Gasteiger partial charge in [-0.2, -0.15) is 0 Å². The van der Waals surface area contributed by atoms with Gasteiger partial charge in [-0.05, 0) is 43.4 Å². The predicted octanol–water partition coefficient (Wildman–Crippen LogP) is 1.83. The number of rotatable bonds is 15. The second kappa shape index (κ2) is 14.5. The van der Waals surface area contributed by atoms with Crippen LogP contribution in [0, 0.1) is 11.8 Å². The molecule has 3 rings (SSSR count). The lowest BCUT2D eigenvalue weighted by Gasteiger charge is -2.25. The van der Waals surface area contributed by atoms with Gasteiger partial charge in [0, 0.05) is 29.8 Å². The average molecular weight is 559 g/mol. The molecule has 2 aromatic rings. The summed E-state index contributed by atoms with van der Waals surface area (Å²) >= 11 is 0. The van der Waals surface area contributed by atoms with Gasteiger partial charge in [0.05, 0.1) is 13.2 Å². The Morgan fingerprint density at radius 2 is 1.90 bits per heavy atom. The number of hydrogen-bond acceptors (Lipinski definition) is 8. The van der Waals surface area contributed by atoms with Gasteiger partial charge >= 0.3 is 5.97 Å². The maximum absolute atomic E-state index is 13.4. The number of Topliss-reactive ketones (excluding diaryl/α,β-unsaturated/α-hetero) is 1. The molecule has 3 atom stereocenters. The van der Waals surface area contributed by atoms with Crippen molar-refractivity contribution in [3.63, 3.8) is 0 Å². The lowest BCUT2D eigenvalue weighted by atomic mass is 9.95. The fourth-order valence-electron chi connectivity index (χ4n) is 4.52. The Morgan fingerprint density at radius 3 is 2.55 bits per heavy atom. The summed E-state index contributed by atoms with van der Waals surface area (Å²) in [7, 11) is 1.54. The summed E-state index contributed by atoms with van der Waals surface area (Å²) in [6, 6.07) is 5.07. The summed E-state index contributed by atoms with van der Waals surface area (Å²) in [5, 5.41) is 8.97. The number of methoxy groups -OCH3 is 1. The molecule has 1 aliphatic heterocycles. The van der Waals surface area contributed by atoms with Gasteiger partial charge in [-0.15, -0.1) is 0 Å². The fourth-order valence-corrected chi connectivity index (χ4v) is 4.52. The van der Waals surface area contributed by atoms with Crippen LogP contribution in [0.2, 0.25) is 0 Å². The first-order valence-corrected chi connectivity index (χ1v) is 13.4. The van der Waals surface area contributed by atoms with E-state index in [0.717, 1.165) is 5.39 Å². The number of ketones is 1. The molecule has 0 saturated carbocycles. The number of aromatic amines is 1. The topological polar surface area (TPSA) is 165 Å². The number of esters is 1. The normalized spacial score (nSPS) is 16.3. The van der Waals surface area contributed by atoms with Crippen LogP contribution >= 0.6 is 0 Å². The Bertz CT molecular complexity index is 1220. The molecular formula is C28H38N4O8. The maximum atomic E-state index is 13.4. The van der Waals surface area contributed by atoms with Crippen molar-refractivity contribution >= 4 is 40.4 Å². The van der Waals surface area contributed by atoms with Crippen LogP contribution in [0.4, 0.5) is 0 Å². The highest BCUT2D eigenvalue weighted by Gasteiger charge is 2.33. The van der Waals surface area contributed by atoms with Crippen LogP contribution in [0.3, 0.4) is 0 Å². The number of benzene rings is 1. The molecule has 3 amide bonds. The Labute approximate surface area is 232 Å². The van der Waals surface area contributed by atoms with Crippen molar-refractivity contribution in [3.05, 3.63) is 30.0 Å². The van der Waals surface area contributed by atoms with E-state index in [1.165, 1.54) is 0 Å². The van der Waals surface area contributed by atoms with Crippen molar-refractivity contribution in [2.24, 2.45) is 11.8 Å². The van der Waals surface area contributed by atoms with Gasteiger partial charge in [-0.3, -0.25) is 24.0 Å². The van der Waals surface area contributed by atoms with E-state index in [2.05, 4.69) is 20.9 Å². The molecule has 1 saturated heterocycles. The minimum absolute atomic E-state index is 0.0465. The molecule has 1 aromatic heterocycles. The van der Waals surface area contributed by atoms with Crippen LogP contribution in [0.5, 0.6) is 5.75 Å². The molecule has 0 radical (unpaired) electrons. The number of carbonyl (C=O) groups excluding carboxylic acids is 5. The highest BCUT2D eigenvalue weighted by Crippen LogP contribution is 2.26. The molecule has 1 fully saturated rings. The number of carbonyl (C=O) groups is 5. The third kappa shape index (κ3) is 8.28. The lowest BCUT2D eigenvalue weighted by Crippen LogP contribution is -2.53. The lowest BCUT2D eigenvalue weighted by molar-refractivity contribution is -0.158. The number of hydrogen-bond donors (Lipinski definition) is 4. The van der Waals surface area contributed by atoms with E-state index < -0.39 is 55.0 Å². The van der Waals surface area contributed by atoms with Crippen molar-refractivity contribution in [3.8, 4) is 5.75 Å². The summed E-state index contributed by atoms with van der Waals surface area (Å²) in [4.78, 5) is 66.2. The van der Waals surface area contributed by atoms with Gasteiger partial charge in [0.2, 0.25) is 11.8 Å². The van der Waals surface area contributed by atoms with Gasteiger partial charge in [0.25, 0.3) is 5.91 Å². The number of nitrogens with one attached hydrogen (secondary N) is 4. The van der Waals surface area contributed by atoms with E-state index in [4.69, 9.17) is 14.2 Å². The van der Waals surface area contributed by atoms with Crippen molar-refractivity contribution in [1.82, 2.24) is 20.9 Å². The predicted molar refractivity (Wildman–Crippen MR) is 145 cm³/mol. The Kier molecular flexibility index (Phi) is 11.1. The van der Waals surface area contributed by atoms with E-state index in [1.807, 2.05) is 19.9 Å². The third-order valence-electron chi connectivity index (χ3n) is 6.64.